The molecular formula is C18H24ClN3O5S. The number of benzene rings is 1. The Kier molecular flexibility index (Phi) is 7.59. The van der Waals surface area contributed by atoms with Crippen LogP contribution in [0.3, 0.4) is 0 Å². The number of carboxylic acid groups (broad SMARTS) is 1. The van der Waals surface area contributed by atoms with Gasteiger partial charge in [-0.3, -0.25) is 4.79 Å². The van der Waals surface area contributed by atoms with Gasteiger partial charge in [0.05, 0.1) is 17.2 Å². The number of aromatic nitrogens is 2. The minimum atomic E-state index is -3.93. The normalized spacial score (nSPS) is 12.9. The standard InChI is InChI=1S/C18H24ClN3O5S/c1-3-4-5-16-20-17(19)15(11-23)22(16)10-13-6-8-14(9-7-13)28(26,27)21-12(2)18(24)25/h6-9,12,21,23H,3-5,10-11H2,1-2H3,(H,24,25). The fraction of sp³-hybridized carbons (Fsp3) is 0.444. The zero-order valence-corrected chi connectivity index (χ0v) is 17.3. The molecule has 8 nitrogen and oxygen atoms in total. The van der Waals surface area contributed by atoms with Crippen LogP contribution in [0.25, 0.3) is 0 Å². The summed E-state index contributed by atoms with van der Waals surface area (Å²) in [4.78, 5) is 15.2. The van der Waals surface area contributed by atoms with Crippen molar-refractivity contribution < 1.29 is 23.4 Å². The Morgan fingerprint density at radius 2 is 1.96 bits per heavy atom. The highest BCUT2D eigenvalue weighted by Crippen LogP contribution is 2.21. The van der Waals surface area contributed by atoms with Gasteiger partial charge >= 0.3 is 5.97 Å². The molecular weight excluding hydrogens is 406 g/mol. The van der Waals surface area contributed by atoms with Crippen molar-refractivity contribution in [2.24, 2.45) is 0 Å². The first-order valence-electron chi connectivity index (χ1n) is 8.88. The molecule has 0 fully saturated rings. The van der Waals surface area contributed by atoms with Crippen LogP contribution in [-0.4, -0.2) is 40.2 Å². The molecule has 10 heteroatoms. The molecule has 0 spiro atoms. The molecule has 0 amide bonds. The summed E-state index contributed by atoms with van der Waals surface area (Å²) < 4.78 is 28.4. The van der Waals surface area contributed by atoms with Gasteiger partial charge in [0.1, 0.15) is 11.9 Å². The molecule has 154 valence electrons. The predicted octanol–water partition coefficient (Wildman–Crippen LogP) is 2.17. The van der Waals surface area contributed by atoms with Crippen molar-refractivity contribution in [3.63, 3.8) is 0 Å². The quantitative estimate of drug-likeness (QED) is 0.532. The van der Waals surface area contributed by atoms with Gasteiger partial charge < -0.3 is 14.8 Å². The Morgan fingerprint density at radius 1 is 1.32 bits per heavy atom. The molecule has 0 bridgehead atoms. The van der Waals surface area contributed by atoms with E-state index in [1.54, 1.807) is 12.1 Å². The van der Waals surface area contributed by atoms with Crippen LogP contribution < -0.4 is 4.72 Å². The number of carboxylic acids is 1. The highest BCUT2D eigenvalue weighted by atomic mass is 35.5. The maximum atomic E-state index is 12.3. The number of halogens is 1. The van der Waals surface area contributed by atoms with Crippen molar-refractivity contribution in [3.05, 3.63) is 46.5 Å². The first kappa shape index (κ1) is 22.4. The maximum absolute atomic E-state index is 12.3. The number of sulfonamides is 1. The molecule has 0 aliphatic carbocycles. The number of unbranched alkanes of at least 4 members (excludes halogenated alkanes) is 1. The summed E-state index contributed by atoms with van der Waals surface area (Å²) in [5, 5.41) is 18.8. The molecule has 1 unspecified atom stereocenters. The molecule has 0 aliphatic heterocycles. The van der Waals surface area contributed by atoms with Crippen molar-refractivity contribution in [2.75, 3.05) is 0 Å². The van der Waals surface area contributed by atoms with E-state index in [2.05, 4.69) is 16.6 Å². The van der Waals surface area contributed by atoms with Crippen LogP contribution in [0.15, 0.2) is 29.2 Å². The summed E-state index contributed by atoms with van der Waals surface area (Å²) in [5.41, 5.74) is 1.31. The fourth-order valence-corrected chi connectivity index (χ4v) is 4.13. The Morgan fingerprint density at radius 3 is 2.50 bits per heavy atom. The highest BCUT2D eigenvalue weighted by Gasteiger charge is 2.21. The van der Waals surface area contributed by atoms with E-state index in [0.29, 0.717) is 12.2 Å². The average Bonchev–Trinajstić information content (AvgIpc) is 2.94. The third-order valence-electron chi connectivity index (χ3n) is 4.28. The fourth-order valence-electron chi connectivity index (χ4n) is 2.68. The van der Waals surface area contributed by atoms with E-state index in [1.807, 2.05) is 4.57 Å². The number of nitrogens with one attached hydrogen (secondary N) is 1. The summed E-state index contributed by atoms with van der Waals surface area (Å²) in [6.07, 6.45) is 2.65. The second-order valence-corrected chi connectivity index (χ2v) is 8.51. The summed E-state index contributed by atoms with van der Waals surface area (Å²) in [6.45, 7) is 3.46. The summed E-state index contributed by atoms with van der Waals surface area (Å²) >= 11 is 6.13. The van der Waals surface area contributed by atoms with Gasteiger partial charge in [0, 0.05) is 13.0 Å². The van der Waals surface area contributed by atoms with Gasteiger partial charge in [0.15, 0.2) is 5.15 Å². The van der Waals surface area contributed by atoms with Crippen LogP contribution in [0.2, 0.25) is 5.15 Å². The average molecular weight is 430 g/mol. The van der Waals surface area contributed by atoms with E-state index in [1.165, 1.54) is 19.1 Å². The van der Waals surface area contributed by atoms with Gasteiger partial charge in [-0.05, 0) is 31.0 Å². The summed E-state index contributed by atoms with van der Waals surface area (Å²) in [5.74, 6) is -0.488. The lowest BCUT2D eigenvalue weighted by molar-refractivity contribution is -0.138. The molecule has 0 radical (unpaired) electrons. The topological polar surface area (TPSA) is 122 Å². The van der Waals surface area contributed by atoms with Gasteiger partial charge in [-0.1, -0.05) is 37.1 Å². The Hall–Kier alpha value is -1.94. The molecule has 1 atom stereocenters. The number of hydrogen-bond donors (Lipinski definition) is 3. The SMILES string of the molecule is CCCCc1nc(Cl)c(CO)n1Cc1ccc(S(=O)(=O)NC(C)C(=O)O)cc1. The predicted molar refractivity (Wildman–Crippen MR) is 105 cm³/mol. The lowest BCUT2D eigenvalue weighted by atomic mass is 10.2. The largest absolute Gasteiger partial charge is 0.480 e. The second-order valence-electron chi connectivity index (χ2n) is 6.44. The van der Waals surface area contributed by atoms with Crippen molar-refractivity contribution in [2.45, 2.75) is 57.2 Å². The molecule has 3 N–H and O–H groups in total. The zero-order valence-electron chi connectivity index (χ0n) is 15.7. The number of hydrogen-bond acceptors (Lipinski definition) is 5. The number of nitrogens with zero attached hydrogens (tertiary/aromatic N) is 2. The third-order valence-corrected chi connectivity index (χ3v) is 6.14. The molecule has 1 aromatic carbocycles. The smallest absolute Gasteiger partial charge is 0.321 e. The van der Waals surface area contributed by atoms with E-state index < -0.39 is 22.0 Å². The minimum absolute atomic E-state index is 0.0263. The van der Waals surface area contributed by atoms with E-state index in [0.717, 1.165) is 30.7 Å². The van der Waals surface area contributed by atoms with E-state index >= 15 is 0 Å². The summed E-state index contributed by atoms with van der Waals surface area (Å²) in [6, 6.07) is 4.87. The Labute approximate surface area is 169 Å². The maximum Gasteiger partial charge on any atom is 0.321 e. The van der Waals surface area contributed by atoms with Gasteiger partial charge in [-0.2, -0.15) is 4.72 Å². The van der Waals surface area contributed by atoms with Crippen LogP contribution in [0, 0.1) is 0 Å². The minimum Gasteiger partial charge on any atom is -0.480 e. The third kappa shape index (κ3) is 5.32. The number of aliphatic hydroxyl groups excluding tert-OH is 1. The van der Waals surface area contributed by atoms with Gasteiger partial charge in [-0.15, -0.1) is 0 Å². The zero-order chi connectivity index (χ0) is 20.9. The van der Waals surface area contributed by atoms with Crippen LogP contribution in [-0.2, 0) is 34.4 Å². The van der Waals surface area contributed by atoms with Crippen molar-refractivity contribution >= 4 is 27.6 Å². The van der Waals surface area contributed by atoms with E-state index in [9.17, 15) is 18.3 Å². The highest BCUT2D eigenvalue weighted by molar-refractivity contribution is 7.89. The summed E-state index contributed by atoms with van der Waals surface area (Å²) in [7, 11) is -3.93. The van der Waals surface area contributed by atoms with Crippen molar-refractivity contribution in [3.8, 4) is 0 Å². The molecule has 28 heavy (non-hydrogen) atoms. The molecule has 0 saturated heterocycles. The van der Waals surface area contributed by atoms with Crippen LogP contribution in [0.1, 0.15) is 43.8 Å². The number of carbonyl (C=O) groups is 1. The van der Waals surface area contributed by atoms with Gasteiger partial charge in [-0.25, -0.2) is 13.4 Å². The van der Waals surface area contributed by atoms with E-state index in [4.69, 9.17) is 16.7 Å². The van der Waals surface area contributed by atoms with Crippen molar-refractivity contribution in [1.29, 1.82) is 0 Å². The van der Waals surface area contributed by atoms with Crippen LogP contribution in [0.5, 0.6) is 0 Å². The first-order valence-corrected chi connectivity index (χ1v) is 10.7. The number of aliphatic carboxylic acids is 1. The van der Waals surface area contributed by atoms with E-state index in [-0.39, 0.29) is 16.7 Å². The van der Waals surface area contributed by atoms with Crippen molar-refractivity contribution in [1.82, 2.24) is 14.3 Å². The van der Waals surface area contributed by atoms with Crippen LogP contribution >= 0.6 is 11.6 Å². The molecule has 2 rings (SSSR count). The molecule has 1 heterocycles. The van der Waals surface area contributed by atoms with Crippen LogP contribution in [0.4, 0.5) is 0 Å². The Bertz CT molecular complexity index is 925. The molecule has 0 aliphatic rings. The number of aryl methyl sites for hydroxylation is 1. The van der Waals surface area contributed by atoms with Gasteiger partial charge in [0.25, 0.3) is 0 Å². The molecule has 2 aromatic rings. The second kappa shape index (κ2) is 9.51. The Balaban J connectivity index is 2.24. The first-order chi connectivity index (χ1) is 13.2. The number of aliphatic hydroxyl groups is 1. The number of imidazole rings is 1. The lowest BCUT2D eigenvalue weighted by Gasteiger charge is -2.13. The molecule has 0 saturated carbocycles. The molecule has 1 aromatic heterocycles. The monoisotopic (exact) mass is 429 g/mol. The van der Waals surface area contributed by atoms with Gasteiger partial charge in [0.2, 0.25) is 10.0 Å². The number of rotatable bonds is 10. The lowest BCUT2D eigenvalue weighted by Crippen LogP contribution is -2.38.